The van der Waals surface area contributed by atoms with Gasteiger partial charge >= 0.3 is 5.97 Å². The third-order valence-corrected chi connectivity index (χ3v) is 4.12. The molecule has 0 saturated carbocycles. The number of hydrogen-bond acceptors (Lipinski definition) is 6. The van der Waals surface area contributed by atoms with Gasteiger partial charge in [0.15, 0.2) is 12.4 Å². The third kappa shape index (κ3) is 5.44. The Hall–Kier alpha value is -3.61. The van der Waals surface area contributed by atoms with E-state index in [1.165, 1.54) is 6.20 Å². The number of benzene rings is 2. The summed E-state index contributed by atoms with van der Waals surface area (Å²) in [6.07, 6.45) is 3.53. The number of carbonyl (C=O) groups excluding carboxylic acids is 3. The van der Waals surface area contributed by atoms with Crippen LogP contribution in [0.15, 0.2) is 54.9 Å². The van der Waals surface area contributed by atoms with Crippen molar-refractivity contribution in [2.45, 2.75) is 20.3 Å². The van der Waals surface area contributed by atoms with Crippen molar-refractivity contribution >= 4 is 34.4 Å². The molecule has 0 unspecified atom stereocenters. The molecule has 1 aromatic heterocycles. The lowest BCUT2D eigenvalue weighted by molar-refractivity contribution is -0.116. The fourth-order valence-electron chi connectivity index (χ4n) is 2.71. The highest BCUT2D eigenvalue weighted by Gasteiger charge is 2.13. The van der Waals surface area contributed by atoms with Crippen LogP contribution in [0.3, 0.4) is 0 Å². The van der Waals surface area contributed by atoms with Crippen molar-refractivity contribution in [1.82, 2.24) is 9.97 Å². The Kier molecular flexibility index (Phi) is 6.29. The van der Waals surface area contributed by atoms with Gasteiger partial charge < -0.3 is 10.1 Å². The van der Waals surface area contributed by atoms with Crippen molar-refractivity contribution in [2.75, 3.05) is 11.9 Å². The van der Waals surface area contributed by atoms with E-state index in [2.05, 4.69) is 15.3 Å². The normalized spacial score (nSPS) is 10.7. The monoisotopic (exact) mass is 391 g/mol. The topological polar surface area (TPSA) is 98.2 Å². The highest BCUT2D eigenvalue weighted by atomic mass is 16.5. The number of fused-ring (bicyclic) bond motifs is 1. The van der Waals surface area contributed by atoms with E-state index >= 15 is 0 Å². The number of ether oxygens (including phenoxy) is 1. The van der Waals surface area contributed by atoms with E-state index in [0.717, 1.165) is 0 Å². The summed E-state index contributed by atoms with van der Waals surface area (Å²) in [5.41, 5.74) is 2.54. The average Bonchev–Trinajstić information content (AvgIpc) is 2.71. The number of Topliss-reactive ketones (excluding diaryl/α,β-unsaturated/α-hetero) is 1. The van der Waals surface area contributed by atoms with Crippen LogP contribution in [-0.2, 0) is 9.53 Å². The number of carbonyl (C=O) groups is 3. The minimum absolute atomic E-state index is 0.0759. The van der Waals surface area contributed by atoms with E-state index < -0.39 is 5.97 Å². The number of rotatable bonds is 7. The van der Waals surface area contributed by atoms with Crippen LogP contribution in [0.1, 0.15) is 41.0 Å². The molecule has 1 amide bonds. The molecule has 0 aliphatic rings. The van der Waals surface area contributed by atoms with Crippen LogP contribution < -0.4 is 5.32 Å². The van der Waals surface area contributed by atoms with Gasteiger partial charge in [0.25, 0.3) is 0 Å². The first-order valence-corrected chi connectivity index (χ1v) is 9.23. The summed E-state index contributed by atoms with van der Waals surface area (Å²) in [6.45, 7) is 3.55. The predicted molar refractivity (Wildman–Crippen MR) is 109 cm³/mol. The van der Waals surface area contributed by atoms with Crippen LogP contribution in [0.25, 0.3) is 11.0 Å². The van der Waals surface area contributed by atoms with Gasteiger partial charge in [0, 0.05) is 30.1 Å². The maximum Gasteiger partial charge on any atom is 0.338 e. The van der Waals surface area contributed by atoms with E-state index in [-0.39, 0.29) is 24.2 Å². The van der Waals surface area contributed by atoms with Gasteiger partial charge in [-0.15, -0.1) is 0 Å². The molecule has 3 aromatic rings. The van der Waals surface area contributed by atoms with Crippen molar-refractivity contribution in [3.8, 4) is 0 Å². The number of amides is 1. The van der Waals surface area contributed by atoms with Gasteiger partial charge in [0.2, 0.25) is 5.91 Å². The van der Waals surface area contributed by atoms with Crippen molar-refractivity contribution < 1.29 is 19.1 Å². The molecule has 0 bridgehead atoms. The first-order valence-electron chi connectivity index (χ1n) is 9.23. The van der Waals surface area contributed by atoms with E-state index in [0.29, 0.717) is 34.3 Å². The molecule has 0 spiro atoms. The van der Waals surface area contributed by atoms with Crippen LogP contribution in [0, 0.1) is 5.92 Å². The van der Waals surface area contributed by atoms with Crippen LogP contribution in [0.2, 0.25) is 0 Å². The first-order chi connectivity index (χ1) is 13.9. The standard InChI is InChI=1S/C22H21N3O4/c1-14(2)11-21(27)25-17-6-3-15(4-7-17)20(26)13-29-22(28)16-5-8-18-19(12-16)24-10-9-23-18/h3-10,12,14H,11,13H2,1-2H3,(H,25,27). The highest BCUT2D eigenvalue weighted by molar-refractivity contribution is 6.00. The Morgan fingerprint density at radius 1 is 0.931 bits per heavy atom. The number of anilines is 1. The molecule has 0 aliphatic carbocycles. The van der Waals surface area contributed by atoms with Gasteiger partial charge in [-0.05, 0) is 48.4 Å². The Balaban J connectivity index is 1.56. The number of aromatic nitrogens is 2. The third-order valence-electron chi connectivity index (χ3n) is 4.12. The summed E-state index contributed by atoms with van der Waals surface area (Å²) in [6, 6.07) is 11.3. The molecule has 29 heavy (non-hydrogen) atoms. The number of esters is 1. The Bertz CT molecular complexity index is 1050. The Morgan fingerprint density at radius 3 is 2.28 bits per heavy atom. The first kappa shape index (κ1) is 20.1. The largest absolute Gasteiger partial charge is 0.454 e. The van der Waals surface area contributed by atoms with Crippen LogP contribution in [0.5, 0.6) is 0 Å². The molecule has 0 aliphatic heterocycles. The molecule has 7 heteroatoms. The zero-order valence-corrected chi connectivity index (χ0v) is 16.2. The molecule has 0 atom stereocenters. The highest BCUT2D eigenvalue weighted by Crippen LogP contribution is 2.14. The summed E-state index contributed by atoms with van der Waals surface area (Å²) < 4.78 is 5.13. The van der Waals surface area contributed by atoms with E-state index in [4.69, 9.17) is 4.74 Å². The maximum absolute atomic E-state index is 12.3. The average molecular weight is 391 g/mol. The lowest BCUT2D eigenvalue weighted by atomic mass is 10.1. The van der Waals surface area contributed by atoms with Gasteiger partial charge in [0.1, 0.15) is 0 Å². The van der Waals surface area contributed by atoms with Crippen LogP contribution >= 0.6 is 0 Å². The Labute approximate surface area is 168 Å². The number of nitrogens with one attached hydrogen (secondary N) is 1. The molecule has 0 radical (unpaired) electrons. The molecule has 2 aromatic carbocycles. The molecule has 0 saturated heterocycles. The summed E-state index contributed by atoms with van der Waals surface area (Å²) in [4.78, 5) is 44.6. The number of ketones is 1. The molecular formula is C22H21N3O4. The summed E-state index contributed by atoms with van der Waals surface area (Å²) >= 11 is 0. The van der Waals surface area contributed by atoms with Gasteiger partial charge in [-0.2, -0.15) is 0 Å². The molecule has 0 fully saturated rings. The van der Waals surface area contributed by atoms with Crippen molar-refractivity contribution in [1.29, 1.82) is 0 Å². The number of hydrogen-bond donors (Lipinski definition) is 1. The second kappa shape index (κ2) is 9.05. The van der Waals surface area contributed by atoms with E-state index in [9.17, 15) is 14.4 Å². The fraction of sp³-hybridized carbons (Fsp3) is 0.227. The molecular weight excluding hydrogens is 370 g/mol. The number of nitrogens with zero attached hydrogens (tertiary/aromatic N) is 2. The van der Waals surface area contributed by atoms with Gasteiger partial charge in [-0.1, -0.05) is 13.8 Å². The van der Waals surface area contributed by atoms with Crippen molar-refractivity contribution in [3.05, 3.63) is 66.0 Å². The van der Waals surface area contributed by atoms with Crippen molar-refractivity contribution in [3.63, 3.8) is 0 Å². The molecule has 1 heterocycles. The van der Waals surface area contributed by atoms with Gasteiger partial charge in [0.05, 0.1) is 16.6 Å². The lowest BCUT2D eigenvalue weighted by Gasteiger charge is -2.08. The smallest absolute Gasteiger partial charge is 0.338 e. The second-order valence-electron chi connectivity index (χ2n) is 6.98. The SMILES string of the molecule is CC(C)CC(=O)Nc1ccc(C(=O)COC(=O)c2ccc3nccnc3c2)cc1. The summed E-state index contributed by atoms with van der Waals surface area (Å²) in [7, 11) is 0. The Morgan fingerprint density at radius 2 is 1.59 bits per heavy atom. The van der Waals surface area contributed by atoms with Crippen LogP contribution in [0.4, 0.5) is 5.69 Å². The molecule has 3 rings (SSSR count). The van der Waals surface area contributed by atoms with Gasteiger partial charge in [-0.25, -0.2) is 4.79 Å². The van der Waals surface area contributed by atoms with Crippen LogP contribution in [-0.4, -0.2) is 34.2 Å². The zero-order valence-electron chi connectivity index (χ0n) is 16.2. The van der Waals surface area contributed by atoms with Crippen molar-refractivity contribution in [2.24, 2.45) is 5.92 Å². The van der Waals surface area contributed by atoms with Gasteiger partial charge in [-0.3, -0.25) is 19.6 Å². The molecule has 1 N–H and O–H groups in total. The van der Waals surface area contributed by atoms with E-state index in [1.54, 1.807) is 48.7 Å². The lowest BCUT2D eigenvalue weighted by Crippen LogP contribution is -2.15. The maximum atomic E-state index is 12.3. The molecule has 7 nitrogen and oxygen atoms in total. The quantitative estimate of drug-likeness (QED) is 0.488. The molecule has 148 valence electrons. The summed E-state index contributed by atoms with van der Waals surface area (Å²) in [5, 5.41) is 2.78. The minimum Gasteiger partial charge on any atom is -0.454 e. The van der Waals surface area contributed by atoms with E-state index in [1.807, 2.05) is 13.8 Å². The minimum atomic E-state index is -0.608. The zero-order chi connectivity index (χ0) is 20.8. The fourth-order valence-corrected chi connectivity index (χ4v) is 2.71. The second-order valence-corrected chi connectivity index (χ2v) is 6.98. The summed E-state index contributed by atoms with van der Waals surface area (Å²) in [5.74, 6) is -0.754. The predicted octanol–water partition coefficient (Wildman–Crippen LogP) is 3.65.